The summed E-state index contributed by atoms with van der Waals surface area (Å²) in [6, 6.07) is 14.6. The van der Waals surface area contributed by atoms with Gasteiger partial charge in [0.05, 0.1) is 11.3 Å². The summed E-state index contributed by atoms with van der Waals surface area (Å²) in [5, 5.41) is 4.79. The Morgan fingerprint density at radius 3 is 2.27 bits per heavy atom. The van der Waals surface area contributed by atoms with E-state index < -0.39 is 25.2 Å². The fourth-order valence-corrected chi connectivity index (χ4v) is 3.23. The van der Waals surface area contributed by atoms with E-state index >= 15 is 0 Å². The zero-order valence-electron chi connectivity index (χ0n) is 16.6. The van der Waals surface area contributed by atoms with Crippen LogP contribution < -0.4 is 15.0 Å². The molecule has 2 aromatic carbocycles. The molecule has 0 aliphatic carbocycles. The summed E-state index contributed by atoms with van der Waals surface area (Å²) in [6.45, 7) is -3.88. The molecule has 0 radical (unpaired) electrons. The molecule has 11 heteroatoms. The van der Waals surface area contributed by atoms with Crippen molar-refractivity contribution >= 4 is 22.6 Å². The van der Waals surface area contributed by atoms with Crippen molar-refractivity contribution in [3.63, 3.8) is 0 Å². The molecule has 0 spiro atoms. The molecule has 0 N–H and O–H groups in total. The molecule has 0 unspecified atom stereocenters. The van der Waals surface area contributed by atoms with E-state index in [1.54, 1.807) is 24.3 Å². The van der Waals surface area contributed by atoms with Crippen molar-refractivity contribution in [1.82, 2.24) is 14.8 Å². The van der Waals surface area contributed by atoms with Gasteiger partial charge in [-0.05, 0) is 48.0 Å². The van der Waals surface area contributed by atoms with Crippen molar-refractivity contribution in [1.29, 1.82) is 0 Å². The number of halogens is 5. The summed E-state index contributed by atoms with van der Waals surface area (Å²) < 4.78 is 60.5. The number of pyridine rings is 1. The van der Waals surface area contributed by atoms with Gasteiger partial charge in [0, 0.05) is 11.1 Å². The Balaban J connectivity index is 1.91. The topological polar surface area (TPSA) is 66.2 Å². The van der Waals surface area contributed by atoms with Crippen LogP contribution in [-0.4, -0.2) is 34.4 Å². The molecule has 2 aromatic heterocycles. The van der Waals surface area contributed by atoms with E-state index in [1.165, 1.54) is 36.4 Å². The summed E-state index contributed by atoms with van der Waals surface area (Å²) in [4.78, 5) is 17.6. The van der Waals surface area contributed by atoms with Gasteiger partial charge in [-0.2, -0.15) is 18.6 Å². The highest BCUT2D eigenvalue weighted by Gasteiger charge is 2.18. The number of benzene rings is 2. The summed E-state index contributed by atoms with van der Waals surface area (Å²) in [6.07, 6.45) is -2.71. The van der Waals surface area contributed by atoms with Crippen LogP contribution in [0.15, 0.2) is 65.5 Å². The maximum atomic E-state index is 13.4. The van der Waals surface area contributed by atoms with Gasteiger partial charge < -0.3 is 9.47 Å². The quantitative estimate of drug-likeness (QED) is 0.334. The van der Waals surface area contributed by atoms with Gasteiger partial charge in [0.2, 0.25) is 5.88 Å². The molecular formula is C22H14ClF4N3O3. The third-order valence-electron chi connectivity index (χ3n) is 4.50. The van der Waals surface area contributed by atoms with Gasteiger partial charge >= 0.3 is 6.61 Å². The Morgan fingerprint density at radius 1 is 0.939 bits per heavy atom. The lowest BCUT2D eigenvalue weighted by Gasteiger charge is -2.13. The van der Waals surface area contributed by atoms with Crippen molar-refractivity contribution in [3.05, 3.63) is 76.0 Å². The van der Waals surface area contributed by atoms with Crippen LogP contribution in [0.25, 0.3) is 27.8 Å². The highest BCUT2D eigenvalue weighted by atomic mass is 35.5. The Hall–Kier alpha value is -3.66. The van der Waals surface area contributed by atoms with E-state index in [0.717, 1.165) is 4.68 Å². The predicted octanol–water partition coefficient (Wildman–Crippen LogP) is 5.35. The van der Waals surface area contributed by atoms with Crippen LogP contribution in [0.5, 0.6) is 11.6 Å². The predicted molar refractivity (Wildman–Crippen MR) is 114 cm³/mol. The van der Waals surface area contributed by atoms with Crippen LogP contribution in [0.4, 0.5) is 17.6 Å². The first-order valence-corrected chi connectivity index (χ1v) is 9.86. The molecule has 4 aromatic rings. The molecule has 0 saturated heterocycles. The Kier molecular flexibility index (Phi) is 6.45. The molecule has 0 bridgehead atoms. The summed E-state index contributed by atoms with van der Waals surface area (Å²) >= 11 is 5.93. The third-order valence-corrected chi connectivity index (χ3v) is 4.75. The van der Waals surface area contributed by atoms with E-state index in [2.05, 4.69) is 14.8 Å². The average Bonchev–Trinajstić information content (AvgIpc) is 2.78. The number of rotatable bonds is 7. The number of aromatic nitrogens is 3. The largest absolute Gasteiger partial charge is 0.472 e. The SMILES string of the molecule is O=c1c(-c2ccc(OC(F)F)cc2)c2nc(OCC(F)F)ccc2nn1-c1ccc(Cl)cc1. The molecule has 6 nitrogen and oxygen atoms in total. The van der Waals surface area contributed by atoms with Crippen molar-refractivity contribution in [2.24, 2.45) is 0 Å². The van der Waals surface area contributed by atoms with Crippen LogP contribution in [0, 0.1) is 0 Å². The molecule has 0 fully saturated rings. The van der Waals surface area contributed by atoms with E-state index in [0.29, 0.717) is 16.3 Å². The van der Waals surface area contributed by atoms with E-state index in [1.807, 2.05) is 0 Å². The van der Waals surface area contributed by atoms with Crippen LogP contribution in [0.2, 0.25) is 5.02 Å². The maximum absolute atomic E-state index is 13.4. The second-order valence-electron chi connectivity index (χ2n) is 6.69. The number of alkyl halides is 4. The van der Waals surface area contributed by atoms with E-state index in [4.69, 9.17) is 16.3 Å². The lowest BCUT2D eigenvalue weighted by atomic mass is 10.1. The molecule has 0 aliphatic rings. The lowest BCUT2D eigenvalue weighted by molar-refractivity contribution is -0.0498. The van der Waals surface area contributed by atoms with Crippen molar-refractivity contribution in [3.8, 4) is 28.4 Å². The fraction of sp³-hybridized carbons (Fsp3) is 0.136. The van der Waals surface area contributed by atoms with Crippen LogP contribution >= 0.6 is 11.6 Å². The lowest BCUT2D eigenvalue weighted by Crippen LogP contribution is -2.23. The molecule has 170 valence electrons. The molecule has 0 atom stereocenters. The number of ether oxygens (including phenoxy) is 2. The third kappa shape index (κ3) is 5.06. The van der Waals surface area contributed by atoms with Crippen molar-refractivity contribution < 1.29 is 27.0 Å². The maximum Gasteiger partial charge on any atom is 0.387 e. The summed E-state index contributed by atoms with van der Waals surface area (Å²) in [7, 11) is 0. The van der Waals surface area contributed by atoms with Gasteiger partial charge in [0.15, 0.2) is 6.61 Å². The zero-order valence-corrected chi connectivity index (χ0v) is 17.3. The van der Waals surface area contributed by atoms with Gasteiger partial charge in [0.1, 0.15) is 16.8 Å². The minimum absolute atomic E-state index is 0.0704. The van der Waals surface area contributed by atoms with E-state index in [9.17, 15) is 22.4 Å². The standard InChI is InChI=1S/C22H14ClF4N3O3/c23-13-3-5-14(6-4-13)30-21(31)19(12-1-7-15(8-2-12)33-22(26)27)20-16(29-30)9-10-18(28-20)32-11-17(24)25/h1-10,17,22H,11H2. The fourth-order valence-electron chi connectivity index (χ4n) is 3.11. The second-order valence-corrected chi connectivity index (χ2v) is 7.13. The minimum Gasteiger partial charge on any atom is -0.472 e. The number of fused-ring (bicyclic) bond motifs is 1. The Morgan fingerprint density at radius 2 is 1.64 bits per heavy atom. The Labute approximate surface area is 189 Å². The van der Waals surface area contributed by atoms with E-state index in [-0.39, 0.29) is 28.2 Å². The van der Waals surface area contributed by atoms with Crippen LogP contribution in [-0.2, 0) is 0 Å². The highest BCUT2D eigenvalue weighted by Crippen LogP contribution is 2.28. The van der Waals surface area contributed by atoms with Crippen molar-refractivity contribution in [2.75, 3.05) is 6.61 Å². The normalized spacial score (nSPS) is 11.4. The van der Waals surface area contributed by atoms with Gasteiger partial charge in [-0.3, -0.25) is 4.79 Å². The summed E-state index contributed by atoms with van der Waals surface area (Å²) in [5.41, 5.74) is 0.613. The first-order valence-electron chi connectivity index (χ1n) is 9.48. The first-order chi connectivity index (χ1) is 15.8. The molecule has 33 heavy (non-hydrogen) atoms. The summed E-state index contributed by atoms with van der Waals surface area (Å²) in [5.74, 6) is -0.216. The average molecular weight is 480 g/mol. The van der Waals surface area contributed by atoms with Crippen molar-refractivity contribution in [2.45, 2.75) is 13.0 Å². The molecule has 4 rings (SSSR count). The molecule has 0 saturated carbocycles. The molecule has 0 aliphatic heterocycles. The van der Waals surface area contributed by atoms with Gasteiger partial charge in [-0.25, -0.2) is 13.8 Å². The molecular weight excluding hydrogens is 466 g/mol. The van der Waals surface area contributed by atoms with Gasteiger partial charge in [-0.1, -0.05) is 23.7 Å². The Bertz CT molecular complexity index is 1330. The zero-order chi connectivity index (χ0) is 23.5. The van der Waals surface area contributed by atoms with Crippen LogP contribution in [0.1, 0.15) is 0 Å². The number of hydrogen-bond acceptors (Lipinski definition) is 5. The van der Waals surface area contributed by atoms with Gasteiger partial charge in [0.25, 0.3) is 12.0 Å². The van der Waals surface area contributed by atoms with Gasteiger partial charge in [-0.15, -0.1) is 0 Å². The monoisotopic (exact) mass is 479 g/mol. The smallest absolute Gasteiger partial charge is 0.387 e. The number of hydrogen-bond donors (Lipinski definition) is 0. The number of nitrogens with zero attached hydrogens (tertiary/aromatic N) is 3. The highest BCUT2D eigenvalue weighted by molar-refractivity contribution is 6.30. The first kappa shape index (κ1) is 22.5. The van der Waals surface area contributed by atoms with Crippen LogP contribution in [0.3, 0.4) is 0 Å². The second kappa shape index (κ2) is 9.45. The molecule has 0 amide bonds. The minimum atomic E-state index is -3.00. The molecule has 2 heterocycles.